The number of nitrogens with two attached hydrogens (primary N) is 2. The highest BCUT2D eigenvalue weighted by atomic mass is 14.6. The Morgan fingerprint density at radius 2 is 0.875 bits per heavy atom. The van der Waals surface area contributed by atoms with Gasteiger partial charge in [0.1, 0.15) is 0 Å². The zero-order valence-electron chi connectivity index (χ0n) is 15.3. The molecule has 0 spiro atoms. The first-order valence-electron chi connectivity index (χ1n) is 7.98. The Hall–Kier alpha value is -2.84. The van der Waals surface area contributed by atoms with Crippen LogP contribution in [0.15, 0.2) is 12.1 Å². The van der Waals surface area contributed by atoms with Gasteiger partial charge in [-0.3, -0.25) is 0 Å². The lowest BCUT2D eigenvalue weighted by Crippen LogP contribution is -1.98. The van der Waals surface area contributed by atoms with E-state index in [-0.39, 0.29) is 0 Å². The molecule has 0 aliphatic rings. The molecule has 122 valence electrons. The summed E-state index contributed by atoms with van der Waals surface area (Å²) in [6, 6.07) is 3.84. The lowest BCUT2D eigenvalue weighted by molar-refractivity contribution is 1.26. The highest BCUT2D eigenvalue weighted by molar-refractivity contribution is 5.62. The zero-order valence-corrected chi connectivity index (χ0v) is 15.3. The predicted molar refractivity (Wildman–Crippen MR) is 104 cm³/mol. The van der Waals surface area contributed by atoms with Crippen molar-refractivity contribution in [3.05, 3.63) is 56.6 Å². The maximum Gasteiger partial charge on any atom is 0.0359 e. The minimum atomic E-state index is 0.771. The SMILES string of the molecule is Cc1c(N)cc(C#CC#Cc2cc(N)c(C)c(C)c2C)c(C)c1C. The molecule has 2 rings (SSSR count). The number of benzene rings is 2. The number of hydrogen-bond donors (Lipinski definition) is 2. The standard InChI is InChI=1S/C22H24N2/c1-13-15(3)19(11-21(23)17(13)5)9-7-8-10-20-12-22(24)18(6)14(2)16(20)4/h11-12H,23-24H2,1-6H3. The first-order valence-corrected chi connectivity index (χ1v) is 7.98. The molecule has 0 fully saturated rings. The van der Waals surface area contributed by atoms with E-state index in [4.69, 9.17) is 11.5 Å². The van der Waals surface area contributed by atoms with Gasteiger partial charge in [-0.15, -0.1) is 0 Å². The molecular weight excluding hydrogens is 292 g/mol. The Bertz CT molecular complexity index is 863. The van der Waals surface area contributed by atoms with Crippen LogP contribution in [0, 0.1) is 65.2 Å². The lowest BCUT2D eigenvalue weighted by Gasteiger charge is -2.10. The number of rotatable bonds is 0. The van der Waals surface area contributed by atoms with Crippen LogP contribution in [0.25, 0.3) is 0 Å². The molecule has 0 radical (unpaired) electrons. The third kappa shape index (κ3) is 3.24. The molecule has 2 nitrogen and oxygen atoms in total. The van der Waals surface area contributed by atoms with E-state index in [0.29, 0.717) is 0 Å². The number of nitrogen functional groups attached to an aromatic ring is 2. The molecular formula is C22H24N2. The predicted octanol–water partition coefficient (Wildman–Crippen LogP) is 4.10. The van der Waals surface area contributed by atoms with Gasteiger partial charge in [-0.25, -0.2) is 0 Å². The Morgan fingerprint density at radius 1 is 0.542 bits per heavy atom. The third-order valence-corrected chi connectivity index (χ3v) is 4.98. The quantitative estimate of drug-likeness (QED) is 0.568. The second-order valence-corrected chi connectivity index (χ2v) is 6.28. The highest BCUT2D eigenvalue weighted by Gasteiger charge is 2.06. The van der Waals surface area contributed by atoms with Crippen molar-refractivity contribution >= 4 is 11.4 Å². The molecule has 0 aliphatic carbocycles. The Balaban J connectivity index is 2.40. The summed E-state index contributed by atoms with van der Waals surface area (Å²) in [6.07, 6.45) is 0. The first kappa shape index (κ1) is 17.5. The fourth-order valence-electron chi connectivity index (χ4n) is 2.60. The molecule has 0 atom stereocenters. The monoisotopic (exact) mass is 316 g/mol. The molecule has 0 amide bonds. The minimum Gasteiger partial charge on any atom is -0.398 e. The average molecular weight is 316 g/mol. The second-order valence-electron chi connectivity index (χ2n) is 6.28. The van der Waals surface area contributed by atoms with Crippen molar-refractivity contribution in [3.63, 3.8) is 0 Å². The zero-order chi connectivity index (χ0) is 18.0. The second kappa shape index (κ2) is 6.73. The van der Waals surface area contributed by atoms with Crippen molar-refractivity contribution in [3.8, 4) is 23.7 Å². The maximum absolute atomic E-state index is 6.04. The third-order valence-electron chi connectivity index (χ3n) is 4.98. The van der Waals surface area contributed by atoms with Gasteiger partial charge < -0.3 is 11.5 Å². The molecule has 2 aromatic carbocycles. The summed E-state index contributed by atoms with van der Waals surface area (Å²) >= 11 is 0. The smallest absolute Gasteiger partial charge is 0.0359 e. The average Bonchev–Trinajstić information content (AvgIpc) is 2.56. The van der Waals surface area contributed by atoms with Gasteiger partial charge in [0, 0.05) is 22.5 Å². The van der Waals surface area contributed by atoms with Gasteiger partial charge in [0.15, 0.2) is 0 Å². The molecule has 0 aliphatic heterocycles. The van der Waals surface area contributed by atoms with Gasteiger partial charge in [-0.05, 0) is 98.9 Å². The van der Waals surface area contributed by atoms with E-state index in [9.17, 15) is 0 Å². The summed E-state index contributed by atoms with van der Waals surface area (Å²) in [5, 5.41) is 0. The largest absolute Gasteiger partial charge is 0.398 e. The van der Waals surface area contributed by atoms with E-state index in [1.165, 1.54) is 11.1 Å². The van der Waals surface area contributed by atoms with E-state index in [0.717, 1.165) is 44.8 Å². The van der Waals surface area contributed by atoms with Gasteiger partial charge in [-0.2, -0.15) is 0 Å². The normalized spacial score (nSPS) is 9.75. The van der Waals surface area contributed by atoms with E-state index in [1.807, 2.05) is 26.0 Å². The fraction of sp³-hybridized carbons (Fsp3) is 0.273. The van der Waals surface area contributed by atoms with Crippen molar-refractivity contribution in [2.75, 3.05) is 11.5 Å². The van der Waals surface area contributed by atoms with Crippen LogP contribution < -0.4 is 11.5 Å². The number of hydrogen-bond acceptors (Lipinski definition) is 2. The molecule has 24 heavy (non-hydrogen) atoms. The molecule has 0 bridgehead atoms. The molecule has 0 aromatic heterocycles. The Kier molecular flexibility index (Phi) is 4.91. The van der Waals surface area contributed by atoms with Gasteiger partial charge in [0.05, 0.1) is 0 Å². The maximum atomic E-state index is 6.04. The van der Waals surface area contributed by atoms with Crippen molar-refractivity contribution in [1.29, 1.82) is 0 Å². The molecule has 2 heteroatoms. The van der Waals surface area contributed by atoms with E-state index in [2.05, 4.69) is 51.4 Å². The van der Waals surface area contributed by atoms with Gasteiger partial charge >= 0.3 is 0 Å². The molecule has 0 unspecified atom stereocenters. The van der Waals surface area contributed by atoms with Crippen LogP contribution in [0.5, 0.6) is 0 Å². The molecule has 2 aromatic rings. The minimum absolute atomic E-state index is 0.771. The van der Waals surface area contributed by atoms with Gasteiger partial charge in [0.2, 0.25) is 0 Å². The summed E-state index contributed by atoms with van der Waals surface area (Å²) in [7, 11) is 0. The van der Waals surface area contributed by atoms with Crippen LogP contribution in [-0.2, 0) is 0 Å². The summed E-state index contributed by atoms with van der Waals surface area (Å²) in [6.45, 7) is 12.3. The summed E-state index contributed by atoms with van der Waals surface area (Å²) < 4.78 is 0. The Labute approximate surface area is 145 Å². The molecule has 0 saturated carbocycles. The van der Waals surface area contributed by atoms with Crippen molar-refractivity contribution < 1.29 is 0 Å². The lowest BCUT2D eigenvalue weighted by atomic mass is 9.97. The van der Waals surface area contributed by atoms with Crippen molar-refractivity contribution in [2.24, 2.45) is 0 Å². The van der Waals surface area contributed by atoms with Crippen molar-refractivity contribution in [2.45, 2.75) is 41.5 Å². The first-order chi connectivity index (χ1) is 11.2. The molecule has 0 heterocycles. The molecule has 0 saturated heterocycles. The summed E-state index contributed by atoms with van der Waals surface area (Å²) in [5.41, 5.74) is 22.4. The van der Waals surface area contributed by atoms with Gasteiger partial charge in [0.25, 0.3) is 0 Å². The van der Waals surface area contributed by atoms with Crippen LogP contribution in [0.3, 0.4) is 0 Å². The van der Waals surface area contributed by atoms with Crippen molar-refractivity contribution in [1.82, 2.24) is 0 Å². The van der Waals surface area contributed by atoms with Crippen LogP contribution in [0.4, 0.5) is 11.4 Å². The van der Waals surface area contributed by atoms with Gasteiger partial charge in [-0.1, -0.05) is 11.8 Å². The highest BCUT2D eigenvalue weighted by Crippen LogP contribution is 2.23. The topological polar surface area (TPSA) is 52.0 Å². The molecule has 4 N–H and O–H groups in total. The summed E-state index contributed by atoms with van der Waals surface area (Å²) in [5.74, 6) is 12.1. The van der Waals surface area contributed by atoms with Crippen LogP contribution in [-0.4, -0.2) is 0 Å². The van der Waals surface area contributed by atoms with E-state index in [1.54, 1.807) is 0 Å². The fourth-order valence-corrected chi connectivity index (χ4v) is 2.60. The van der Waals surface area contributed by atoms with Crippen LogP contribution in [0.1, 0.15) is 44.5 Å². The Morgan fingerprint density at radius 3 is 1.21 bits per heavy atom. The summed E-state index contributed by atoms with van der Waals surface area (Å²) in [4.78, 5) is 0. The number of anilines is 2. The van der Waals surface area contributed by atoms with E-state index >= 15 is 0 Å². The van der Waals surface area contributed by atoms with E-state index < -0.39 is 0 Å². The van der Waals surface area contributed by atoms with Crippen LogP contribution >= 0.6 is 0 Å². The van der Waals surface area contributed by atoms with Crippen LogP contribution in [0.2, 0.25) is 0 Å².